The molecular formula is C10H10INO. The van der Waals surface area contributed by atoms with E-state index in [1.54, 1.807) is 0 Å². The number of fused-ring (bicyclic) bond motifs is 1. The standard InChI is InChI=1S/C10H10INO/c11-10(13)9-5-7-3-1-2-4-8(7)6-12-9/h1-4,9,12H,5-6H2. The first kappa shape index (κ1) is 9.15. The molecule has 1 unspecified atom stereocenters. The van der Waals surface area contributed by atoms with E-state index in [1.165, 1.54) is 11.1 Å². The van der Waals surface area contributed by atoms with Gasteiger partial charge in [0.25, 0.3) is 0 Å². The molecule has 0 spiro atoms. The quantitative estimate of drug-likeness (QED) is 0.629. The van der Waals surface area contributed by atoms with Crippen LogP contribution in [0.5, 0.6) is 0 Å². The topological polar surface area (TPSA) is 29.1 Å². The van der Waals surface area contributed by atoms with E-state index in [2.05, 4.69) is 17.4 Å². The van der Waals surface area contributed by atoms with Crippen molar-refractivity contribution in [3.8, 4) is 0 Å². The Labute approximate surface area is 90.9 Å². The van der Waals surface area contributed by atoms with Crippen molar-refractivity contribution >= 4 is 26.4 Å². The van der Waals surface area contributed by atoms with Gasteiger partial charge >= 0.3 is 0 Å². The highest BCUT2D eigenvalue weighted by Crippen LogP contribution is 2.17. The summed E-state index contributed by atoms with van der Waals surface area (Å²) in [6.07, 6.45) is 0.831. The highest BCUT2D eigenvalue weighted by atomic mass is 127. The minimum Gasteiger partial charge on any atom is -0.302 e. The van der Waals surface area contributed by atoms with Crippen molar-refractivity contribution in [2.45, 2.75) is 19.0 Å². The van der Waals surface area contributed by atoms with Crippen LogP contribution in [0.15, 0.2) is 24.3 Å². The normalized spacial score (nSPS) is 20.8. The summed E-state index contributed by atoms with van der Waals surface area (Å²) in [5.41, 5.74) is 2.62. The minimum absolute atomic E-state index is 0.00972. The fraction of sp³-hybridized carbons (Fsp3) is 0.300. The lowest BCUT2D eigenvalue weighted by Gasteiger charge is -2.23. The van der Waals surface area contributed by atoms with E-state index in [1.807, 2.05) is 34.7 Å². The van der Waals surface area contributed by atoms with Gasteiger partial charge in [0.15, 0.2) is 0 Å². The molecule has 1 aromatic rings. The first-order chi connectivity index (χ1) is 6.27. The van der Waals surface area contributed by atoms with Crippen molar-refractivity contribution in [1.82, 2.24) is 5.32 Å². The molecule has 1 aromatic carbocycles. The SMILES string of the molecule is O=C(I)C1Cc2ccccc2CN1. The van der Waals surface area contributed by atoms with Crippen molar-refractivity contribution in [3.63, 3.8) is 0 Å². The lowest BCUT2D eigenvalue weighted by Crippen LogP contribution is -2.39. The third kappa shape index (κ3) is 1.91. The molecule has 1 N–H and O–H groups in total. The number of nitrogens with one attached hydrogen (secondary N) is 1. The van der Waals surface area contributed by atoms with Gasteiger partial charge in [-0.25, -0.2) is 0 Å². The molecule has 2 nitrogen and oxygen atoms in total. The molecule has 1 aliphatic rings. The summed E-state index contributed by atoms with van der Waals surface area (Å²) < 4.78 is 0.201. The zero-order valence-corrected chi connectivity index (χ0v) is 9.24. The Balaban J connectivity index is 2.24. The molecule has 0 saturated carbocycles. The van der Waals surface area contributed by atoms with Crippen LogP contribution in [0.4, 0.5) is 0 Å². The Hall–Kier alpha value is -0.420. The molecule has 0 aliphatic carbocycles. The van der Waals surface area contributed by atoms with E-state index in [0.717, 1.165) is 13.0 Å². The van der Waals surface area contributed by atoms with Crippen LogP contribution in [0.1, 0.15) is 11.1 Å². The maximum Gasteiger partial charge on any atom is 0.209 e. The van der Waals surface area contributed by atoms with Gasteiger partial charge in [0.1, 0.15) is 0 Å². The van der Waals surface area contributed by atoms with Crippen LogP contribution in [-0.4, -0.2) is 9.83 Å². The number of benzene rings is 1. The Morgan fingerprint density at radius 3 is 2.77 bits per heavy atom. The van der Waals surface area contributed by atoms with Crippen molar-refractivity contribution < 1.29 is 4.79 Å². The number of hydrogen-bond donors (Lipinski definition) is 1. The Morgan fingerprint density at radius 1 is 1.38 bits per heavy atom. The van der Waals surface area contributed by atoms with E-state index in [4.69, 9.17) is 0 Å². The first-order valence-corrected chi connectivity index (χ1v) is 5.35. The van der Waals surface area contributed by atoms with Gasteiger partial charge in [-0.05, 0) is 17.5 Å². The second-order valence-corrected chi connectivity index (χ2v) is 4.27. The van der Waals surface area contributed by atoms with Gasteiger partial charge in [-0.2, -0.15) is 0 Å². The minimum atomic E-state index is 0.00972. The van der Waals surface area contributed by atoms with Crippen LogP contribution < -0.4 is 5.32 Å². The number of halogens is 1. The van der Waals surface area contributed by atoms with Crippen molar-refractivity contribution in [1.29, 1.82) is 0 Å². The van der Waals surface area contributed by atoms with Crippen molar-refractivity contribution in [3.05, 3.63) is 35.4 Å². The van der Waals surface area contributed by atoms with Crippen molar-refractivity contribution in [2.75, 3.05) is 0 Å². The summed E-state index contributed by atoms with van der Waals surface area (Å²) in [6, 6.07) is 8.28. The lowest BCUT2D eigenvalue weighted by molar-refractivity contribution is -0.111. The summed E-state index contributed by atoms with van der Waals surface area (Å²) >= 11 is 1.86. The second-order valence-electron chi connectivity index (χ2n) is 3.21. The van der Waals surface area contributed by atoms with E-state index < -0.39 is 0 Å². The number of carbonyl (C=O) groups is 1. The van der Waals surface area contributed by atoms with Gasteiger partial charge in [-0.15, -0.1) is 0 Å². The molecule has 0 amide bonds. The van der Waals surface area contributed by atoms with Crippen LogP contribution >= 0.6 is 22.6 Å². The predicted molar refractivity (Wildman–Crippen MR) is 59.8 cm³/mol. The monoisotopic (exact) mass is 287 g/mol. The average molecular weight is 287 g/mol. The molecule has 0 aromatic heterocycles. The first-order valence-electron chi connectivity index (χ1n) is 4.27. The zero-order valence-electron chi connectivity index (χ0n) is 7.09. The Bertz CT molecular complexity index is 337. The van der Waals surface area contributed by atoms with Gasteiger partial charge in [-0.1, -0.05) is 24.3 Å². The smallest absolute Gasteiger partial charge is 0.209 e. The Kier molecular flexibility index (Phi) is 2.64. The third-order valence-corrected chi connectivity index (χ3v) is 3.11. The largest absolute Gasteiger partial charge is 0.302 e. The number of rotatable bonds is 1. The van der Waals surface area contributed by atoms with Crippen LogP contribution in [0.3, 0.4) is 0 Å². The summed E-state index contributed by atoms with van der Waals surface area (Å²) in [7, 11) is 0. The third-order valence-electron chi connectivity index (χ3n) is 2.36. The van der Waals surface area contributed by atoms with Gasteiger partial charge < -0.3 is 5.32 Å². The molecule has 0 radical (unpaired) electrons. The second kappa shape index (κ2) is 3.75. The number of hydrogen-bond acceptors (Lipinski definition) is 2. The van der Waals surface area contributed by atoms with E-state index >= 15 is 0 Å². The average Bonchev–Trinajstić information content (AvgIpc) is 2.17. The molecule has 1 atom stereocenters. The molecule has 0 bridgehead atoms. The molecule has 0 saturated heterocycles. The maximum absolute atomic E-state index is 11.1. The molecule has 13 heavy (non-hydrogen) atoms. The van der Waals surface area contributed by atoms with Gasteiger partial charge in [0.05, 0.1) is 6.04 Å². The molecule has 1 aliphatic heterocycles. The summed E-state index contributed by atoms with van der Waals surface area (Å²) in [6.45, 7) is 0.815. The molecule has 68 valence electrons. The Morgan fingerprint density at radius 2 is 2.08 bits per heavy atom. The van der Waals surface area contributed by atoms with E-state index in [0.29, 0.717) is 0 Å². The fourth-order valence-corrected chi connectivity index (χ4v) is 2.06. The van der Waals surface area contributed by atoms with Crippen molar-refractivity contribution in [2.24, 2.45) is 0 Å². The van der Waals surface area contributed by atoms with Crippen LogP contribution in [0.25, 0.3) is 0 Å². The maximum atomic E-state index is 11.1. The zero-order chi connectivity index (χ0) is 9.26. The summed E-state index contributed by atoms with van der Waals surface area (Å²) in [5, 5.41) is 3.22. The molecule has 2 rings (SSSR count). The van der Waals surface area contributed by atoms with Crippen LogP contribution in [0, 0.1) is 0 Å². The van der Waals surface area contributed by atoms with Gasteiger partial charge in [0.2, 0.25) is 3.79 Å². The van der Waals surface area contributed by atoms with Gasteiger partial charge in [-0.3, -0.25) is 4.79 Å². The van der Waals surface area contributed by atoms with Crippen LogP contribution in [0.2, 0.25) is 0 Å². The fourth-order valence-electron chi connectivity index (χ4n) is 1.61. The van der Waals surface area contributed by atoms with E-state index in [9.17, 15) is 4.79 Å². The molecule has 3 heteroatoms. The van der Waals surface area contributed by atoms with E-state index in [-0.39, 0.29) is 9.83 Å². The summed E-state index contributed by atoms with van der Waals surface area (Å²) in [4.78, 5) is 11.1. The molecule has 1 heterocycles. The van der Waals surface area contributed by atoms with Gasteiger partial charge in [0, 0.05) is 29.1 Å². The number of carbonyl (C=O) groups excluding carboxylic acids is 1. The highest BCUT2D eigenvalue weighted by molar-refractivity contribution is 14.1. The predicted octanol–water partition coefficient (Wildman–Crippen LogP) is 1.66. The highest BCUT2D eigenvalue weighted by Gasteiger charge is 2.21. The molecule has 0 fully saturated rings. The summed E-state index contributed by atoms with van der Waals surface area (Å²) in [5.74, 6) is 0. The molecular weight excluding hydrogens is 277 g/mol. The lowest BCUT2D eigenvalue weighted by atomic mass is 9.97. The van der Waals surface area contributed by atoms with Crippen LogP contribution in [-0.2, 0) is 17.8 Å².